The Morgan fingerprint density at radius 3 is 2.30 bits per heavy atom. The van der Waals surface area contributed by atoms with Gasteiger partial charge in [-0.05, 0) is 36.8 Å². The Hall–Kier alpha value is -3.21. The van der Waals surface area contributed by atoms with Gasteiger partial charge in [0.05, 0.1) is 23.8 Å². The van der Waals surface area contributed by atoms with Crippen molar-refractivity contribution in [1.82, 2.24) is 15.1 Å². The lowest BCUT2D eigenvalue weighted by Crippen LogP contribution is -2.53. The Morgan fingerprint density at radius 2 is 1.67 bits per heavy atom. The second-order valence-electron chi connectivity index (χ2n) is 7.70. The van der Waals surface area contributed by atoms with Crippen LogP contribution in [0.25, 0.3) is 0 Å². The number of para-hydroxylation sites is 1. The number of carbonyl (C=O) groups is 2. The fourth-order valence-corrected chi connectivity index (χ4v) is 3.48. The highest BCUT2D eigenvalue weighted by atomic mass is 19.4. The molecular formula is C22H23F5N4O2. The highest BCUT2D eigenvalue weighted by Crippen LogP contribution is 2.34. The molecular weight excluding hydrogens is 447 g/mol. The number of urea groups is 1. The van der Waals surface area contributed by atoms with Crippen LogP contribution in [0.4, 0.5) is 32.4 Å². The van der Waals surface area contributed by atoms with Gasteiger partial charge in [-0.25, -0.2) is 13.6 Å². The minimum absolute atomic E-state index is 0.118. The third kappa shape index (κ3) is 6.41. The van der Waals surface area contributed by atoms with Gasteiger partial charge in [0, 0.05) is 26.2 Å². The first-order valence-electron chi connectivity index (χ1n) is 10.2. The van der Waals surface area contributed by atoms with Crippen LogP contribution in [0.5, 0.6) is 0 Å². The van der Waals surface area contributed by atoms with Crippen LogP contribution in [-0.2, 0) is 11.0 Å². The van der Waals surface area contributed by atoms with Crippen molar-refractivity contribution >= 4 is 17.6 Å². The van der Waals surface area contributed by atoms with Crippen LogP contribution in [0.2, 0.25) is 0 Å². The Morgan fingerprint density at radius 1 is 1.00 bits per heavy atom. The lowest BCUT2D eigenvalue weighted by Gasteiger charge is -2.35. The first-order valence-corrected chi connectivity index (χ1v) is 10.2. The summed E-state index contributed by atoms with van der Waals surface area (Å²) in [6.45, 7) is 2.81. The minimum Gasteiger partial charge on any atom is -0.331 e. The number of rotatable bonds is 5. The second kappa shape index (κ2) is 10.2. The van der Waals surface area contributed by atoms with Crippen LogP contribution >= 0.6 is 0 Å². The molecule has 0 aromatic heterocycles. The summed E-state index contributed by atoms with van der Waals surface area (Å²) in [5.41, 5.74) is -0.814. The van der Waals surface area contributed by atoms with Gasteiger partial charge in [0.25, 0.3) is 0 Å². The molecule has 3 rings (SSSR count). The smallest absolute Gasteiger partial charge is 0.331 e. The molecule has 0 aliphatic carbocycles. The summed E-state index contributed by atoms with van der Waals surface area (Å²) < 4.78 is 65.7. The number of nitrogens with one attached hydrogen (secondary N) is 2. The number of piperazine rings is 1. The number of carbonyl (C=O) groups excluding carboxylic acids is 2. The highest BCUT2D eigenvalue weighted by molar-refractivity contribution is 5.93. The number of amides is 3. The van der Waals surface area contributed by atoms with Gasteiger partial charge < -0.3 is 15.5 Å². The summed E-state index contributed by atoms with van der Waals surface area (Å²) in [6.07, 6.45) is -4.58. The van der Waals surface area contributed by atoms with Crippen LogP contribution in [0.15, 0.2) is 42.5 Å². The summed E-state index contributed by atoms with van der Waals surface area (Å²) >= 11 is 0. The molecule has 33 heavy (non-hydrogen) atoms. The van der Waals surface area contributed by atoms with Gasteiger partial charge in [-0.2, -0.15) is 13.2 Å². The van der Waals surface area contributed by atoms with Crippen molar-refractivity contribution in [2.45, 2.75) is 19.1 Å². The van der Waals surface area contributed by atoms with Crippen molar-refractivity contribution in [2.24, 2.45) is 0 Å². The number of nitrogens with zero attached hydrogens (tertiary/aromatic N) is 2. The number of hydrogen-bond donors (Lipinski definition) is 2. The highest BCUT2D eigenvalue weighted by Gasteiger charge is 2.33. The summed E-state index contributed by atoms with van der Waals surface area (Å²) in [5.74, 6) is -2.56. The topological polar surface area (TPSA) is 64.7 Å². The molecule has 1 saturated heterocycles. The number of halogens is 5. The van der Waals surface area contributed by atoms with Crippen molar-refractivity contribution < 1.29 is 31.5 Å². The zero-order valence-corrected chi connectivity index (χ0v) is 17.8. The van der Waals surface area contributed by atoms with Gasteiger partial charge >= 0.3 is 12.2 Å². The van der Waals surface area contributed by atoms with Crippen molar-refractivity contribution in [1.29, 1.82) is 0 Å². The molecule has 0 saturated carbocycles. The fraction of sp³-hybridized carbons (Fsp3) is 0.364. The zero-order valence-electron chi connectivity index (χ0n) is 17.8. The summed E-state index contributed by atoms with van der Waals surface area (Å²) in [6, 6.07) is 7.20. The lowest BCUT2D eigenvalue weighted by molar-refractivity contribution is -0.137. The second-order valence-corrected chi connectivity index (χ2v) is 7.70. The van der Waals surface area contributed by atoms with E-state index in [0.717, 1.165) is 18.2 Å². The maximum absolute atomic E-state index is 13.4. The Labute approximate surface area is 187 Å². The van der Waals surface area contributed by atoms with E-state index in [1.807, 2.05) is 0 Å². The monoisotopic (exact) mass is 470 g/mol. The van der Waals surface area contributed by atoms with E-state index in [1.165, 1.54) is 29.2 Å². The average molecular weight is 470 g/mol. The number of hydrogen-bond acceptors (Lipinski definition) is 3. The van der Waals surface area contributed by atoms with Gasteiger partial charge in [0.15, 0.2) is 11.6 Å². The summed E-state index contributed by atoms with van der Waals surface area (Å²) in [5, 5.41) is 5.02. The predicted octanol–water partition coefficient (Wildman–Crippen LogP) is 4.01. The summed E-state index contributed by atoms with van der Waals surface area (Å²) in [7, 11) is 0. The molecule has 6 nitrogen and oxygen atoms in total. The zero-order chi connectivity index (χ0) is 24.2. The van der Waals surface area contributed by atoms with Crippen molar-refractivity contribution in [3.8, 4) is 0 Å². The number of anilines is 1. The molecule has 2 aromatic rings. The molecule has 178 valence electrons. The molecule has 0 spiro atoms. The molecule has 2 N–H and O–H groups in total. The standard InChI is InChI=1S/C22H23F5N4O2/c1-14(15-6-7-17(23)18(24)12-15)28-21(33)31-10-8-30(9-11-31)13-20(32)29-19-5-3-2-4-16(19)22(25,26)27/h2-7,12,14H,8-11,13H2,1H3,(H,28,33)(H,29,32). The minimum atomic E-state index is -4.58. The Kier molecular flexibility index (Phi) is 7.52. The van der Waals surface area contributed by atoms with Gasteiger partial charge in [0.1, 0.15) is 0 Å². The fourth-order valence-electron chi connectivity index (χ4n) is 3.48. The van der Waals surface area contributed by atoms with E-state index in [2.05, 4.69) is 10.6 Å². The van der Waals surface area contributed by atoms with E-state index in [0.29, 0.717) is 31.7 Å². The van der Waals surface area contributed by atoms with Gasteiger partial charge in [-0.15, -0.1) is 0 Å². The third-order valence-electron chi connectivity index (χ3n) is 5.32. The Bertz CT molecular complexity index is 1010. The molecule has 1 fully saturated rings. The molecule has 0 bridgehead atoms. The van der Waals surface area contributed by atoms with Crippen molar-refractivity contribution in [3.63, 3.8) is 0 Å². The molecule has 1 unspecified atom stereocenters. The molecule has 0 radical (unpaired) electrons. The van der Waals surface area contributed by atoms with E-state index in [-0.39, 0.29) is 12.2 Å². The Balaban J connectivity index is 1.48. The van der Waals surface area contributed by atoms with E-state index >= 15 is 0 Å². The lowest BCUT2D eigenvalue weighted by atomic mass is 10.1. The number of benzene rings is 2. The largest absolute Gasteiger partial charge is 0.418 e. The predicted molar refractivity (Wildman–Crippen MR) is 111 cm³/mol. The van der Waals surface area contributed by atoms with Gasteiger partial charge in [-0.3, -0.25) is 9.69 Å². The first kappa shape index (κ1) is 24.4. The maximum atomic E-state index is 13.4. The normalized spacial score (nSPS) is 15.8. The molecule has 1 aliphatic heterocycles. The quantitative estimate of drug-likeness (QED) is 0.650. The third-order valence-corrected chi connectivity index (χ3v) is 5.32. The van der Waals surface area contributed by atoms with E-state index in [4.69, 9.17) is 0 Å². The molecule has 1 atom stereocenters. The molecule has 1 aliphatic rings. The van der Waals surface area contributed by atoms with Crippen LogP contribution < -0.4 is 10.6 Å². The molecule has 11 heteroatoms. The van der Waals surface area contributed by atoms with Gasteiger partial charge in [-0.1, -0.05) is 18.2 Å². The molecule has 3 amide bonds. The molecule has 1 heterocycles. The maximum Gasteiger partial charge on any atom is 0.418 e. The van der Waals surface area contributed by atoms with Gasteiger partial charge in [0.2, 0.25) is 5.91 Å². The van der Waals surface area contributed by atoms with Crippen LogP contribution in [0.1, 0.15) is 24.1 Å². The van der Waals surface area contributed by atoms with Crippen LogP contribution in [0, 0.1) is 11.6 Å². The SMILES string of the molecule is CC(NC(=O)N1CCN(CC(=O)Nc2ccccc2C(F)(F)F)CC1)c1ccc(F)c(F)c1. The van der Waals surface area contributed by atoms with E-state index < -0.39 is 41.4 Å². The summed E-state index contributed by atoms with van der Waals surface area (Å²) in [4.78, 5) is 28.0. The van der Waals surface area contributed by atoms with E-state index in [1.54, 1.807) is 11.8 Å². The van der Waals surface area contributed by atoms with Crippen molar-refractivity contribution in [3.05, 3.63) is 65.2 Å². The van der Waals surface area contributed by atoms with Crippen molar-refractivity contribution in [2.75, 3.05) is 38.0 Å². The van der Waals surface area contributed by atoms with Crippen LogP contribution in [0.3, 0.4) is 0 Å². The molecule has 2 aromatic carbocycles. The van der Waals surface area contributed by atoms with E-state index in [9.17, 15) is 31.5 Å². The number of alkyl halides is 3. The first-order chi connectivity index (χ1) is 15.5. The average Bonchev–Trinajstić information content (AvgIpc) is 2.75. The van der Waals surface area contributed by atoms with Crippen LogP contribution in [-0.4, -0.2) is 54.5 Å².